The monoisotopic (exact) mass is 241 g/mol. The summed E-state index contributed by atoms with van der Waals surface area (Å²) in [4.78, 5) is 16.7. The van der Waals surface area contributed by atoms with Crippen LogP contribution in [0.5, 0.6) is 0 Å². The molecule has 5 heteroatoms. The summed E-state index contributed by atoms with van der Waals surface area (Å²) in [7, 11) is 0. The van der Waals surface area contributed by atoms with Crippen LogP contribution in [0.15, 0.2) is 0 Å². The molecule has 0 aromatic carbocycles. The van der Waals surface area contributed by atoms with E-state index in [1.54, 1.807) is 0 Å². The third-order valence-corrected chi connectivity index (χ3v) is 3.99. The van der Waals surface area contributed by atoms with Gasteiger partial charge < -0.3 is 15.4 Å². The van der Waals surface area contributed by atoms with Gasteiger partial charge in [0.25, 0.3) is 0 Å². The lowest BCUT2D eigenvalue weighted by molar-refractivity contribution is -0.174. The molecule has 0 unspecified atom stereocenters. The van der Waals surface area contributed by atoms with Gasteiger partial charge in [0.2, 0.25) is 5.91 Å². The minimum Gasteiger partial charge on any atom is -0.379 e. The van der Waals surface area contributed by atoms with E-state index in [9.17, 15) is 4.79 Å². The maximum absolute atomic E-state index is 12.4. The molecule has 2 fully saturated rings. The number of hydrogen-bond acceptors (Lipinski definition) is 4. The maximum atomic E-state index is 12.4. The SMILES string of the molecule is CCC1(C(=O)N2CCN(CCN)CC2)COC1. The van der Waals surface area contributed by atoms with E-state index in [1.165, 1.54) is 0 Å². The molecule has 0 aliphatic carbocycles. The van der Waals surface area contributed by atoms with E-state index in [2.05, 4.69) is 11.8 Å². The highest BCUT2D eigenvalue weighted by Crippen LogP contribution is 2.33. The lowest BCUT2D eigenvalue weighted by Gasteiger charge is -2.44. The van der Waals surface area contributed by atoms with Crippen molar-refractivity contribution in [1.82, 2.24) is 9.80 Å². The zero-order valence-electron chi connectivity index (χ0n) is 10.7. The lowest BCUT2D eigenvalue weighted by atomic mass is 9.81. The smallest absolute Gasteiger partial charge is 0.233 e. The molecule has 0 saturated carbocycles. The number of nitrogens with zero attached hydrogens (tertiary/aromatic N) is 2. The van der Waals surface area contributed by atoms with Crippen LogP contribution in [0.4, 0.5) is 0 Å². The van der Waals surface area contributed by atoms with Crippen LogP contribution in [0.1, 0.15) is 13.3 Å². The molecule has 0 spiro atoms. The van der Waals surface area contributed by atoms with Crippen LogP contribution in [0.25, 0.3) is 0 Å². The van der Waals surface area contributed by atoms with Crippen molar-refractivity contribution in [2.45, 2.75) is 13.3 Å². The van der Waals surface area contributed by atoms with Gasteiger partial charge in [-0.2, -0.15) is 0 Å². The van der Waals surface area contributed by atoms with Crippen LogP contribution >= 0.6 is 0 Å². The Bertz CT molecular complexity index is 265. The van der Waals surface area contributed by atoms with Gasteiger partial charge in [-0.25, -0.2) is 0 Å². The minimum atomic E-state index is -0.212. The molecule has 2 aliphatic heterocycles. The molecule has 2 rings (SSSR count). The molecule has 0 aromatic heterocycles. The number of carbonyl (C=O) groups excluding carboxylic acids is 1. The first-order valence-electron chi connectivity index (χ1n) is 6.51. The van der Waals surface area contributed by atoms with E-state index in [4.69, 9.17) is 10.5 Å². The molecule has 17 heavy (non-hydrogen) atoms. The normalized spacial score (nSPS) is 24.5. The van der Waals surface area contributed by atoms with E-state index in [-0.39, 0.29) is 5.41 Å². The molecular weight excluding hydrogens is 218 g/mol. The van der Waals surface area contributed by atoms with Crippen molar-refractivity contribution in [2.24, 2.45) is 11.1 Å². The Morgan fingerprint density at radius 3 is 2.35 bits per heavy atom. The van der Waals surface area contributed by atoms with Crippen LogP contribution in [-0.2, 0) is 9.53 Å². The number of hydrogen-bond donors (Lipinski definition) is 1. The molecule has 1 amide bonds. The van der Waals surface area contributed by atoms with E-state index in [1.807, 2.05) is 4.90 Å². The summed E-state index contributed by atoms with van der Waals surface area (Å²) in [6.45, 7) is 8.47. The number of amides is 1. The van der Waals surface area contributed by atoms with Gasteiger partial charge in [0.1, 0.15) is 0 Å². The third-order valence-electron chi connectivity index (χ3n) is 3.99. The highest BCUT2D eigenvalue weighted by Gasteiger charge is 2.46. The van der Waals surface area contributed by atoms with Crippen molar-refractivity contribution < 1.29 is 9.53 Å². The molecule has 2 saturated heterocycles. The Hall–Kier alpha value is -0.650. The molecular formula is C12H23N3O2. The molecule has 2 heterocycles. The first-order chi connectivity index (χ1) is 8.22. The van der Waals surface area contributed by atoms with Crippen LogP contribution in [0, 0.1) is 5.41 Å². The first kappa shape index (κ1) is 12.8. The summed E-state index contributed by atoms with van der Waals surface area (Å²) in [5.41, 5.74) is 5.32. The van der Waals surface area contributed by atoms with Gasteiger partial charge in [-0.1, -0.05) is 6.92 Å². The quantitative estimate of drug-likeness (QED) is 0.722. The van der Waals surface area contributed by atoms with Gasteiger partial charge >= 0.3 is 0 Å². The van der Waals surface area contributed by atoms with E-state index in [0.717, 1.165) is 39.1 Å². The molecule has 2 aliphatic rings. The molecule has 0 bridgehead atoms. The Morgan fingerprint density at radius 1 is 1.29 bits per heavy atom. The summed E-state index contributed by atoms with van der Waals surface area (Å²) < 4.78 is 5.23. The Balaban J connectivity index is 1.86. The minimum absolute atomic E-state index is 0.212. The van der Waals surface area contributed by atoms with Crippen molar-refractivity contribution in [2.75, 3.05) is 52.5 Å². The number of carbonyl (C=O) groups is 1. The fourth-order valence-corrected chi connectivity index (χ4v) is 2.52. The summed E-state index contributed by atoms with van der Waals surface area (Å²) in [5.74, 6) is 0.290. The van der Waals surface area contributed by atoms with Gasteiger partial charge in [0, 0.05) is 39.3 Å². The number of ether oxygens (including phenoxy) is 1. The zero-order valence-corrected chi connectivity index (χ0v) is 10.7. The fourth-order valence-electron chi connectivity index (χ4n) is 2.52. The van der Waals surface area contributed by atoms with E-state index in [0.29, 0.717) is 25.7 Å². The average molecular weight is 241 g/mol. The van der Waals surface area contributed by atoms with Crippen LogP contribution in [-0.4, -0.2) is 68.2 Å². The number of piperazine rings is 1. The second-order valence-corrected chi connectivity index (χ2v) is 5.05. The topological polar surface area (TPSA) is 58.8 Å². The molecule has 0 atom stereocenters. The molecule has 0 aromatic rings. The van der Waals surface area contributed by atoms with Crippen molar-refractivity contribution in [1.29, 1.82) is 0 Å². The Kier molecular flexibility index (Phi) is 4.01. The average Bonchev–Trinajstić information content (AvgIpc) is 2.29. The van der Waals surface area contributed by atoms with Crippen molar-refractivity contribution in [3.8, 4) is 0 Å². The molecule has 0 radical (unpaired) electrons. The highest BCUT2D eigenvalue weighted by molar-refractivity contribution is 5.84. The third kappa shape index (κ3) is 2.46. The number of nitrogens with two attached hydrogens (primary N) is 1. The maximum Gasteiger partial charge on any atom is 0.233 e. The predicted molar refractivity (Wildman–Crippen MR) is 65.6 cm³/mol. The van der Waals surface area contributed by atoms with Gasteiger partial charge in [0.15, 0.2) is 0 Å². The highest BCUT2D eigenvalue weighted by atomic mass is 16.5. The van der Waals surface area contributed by atoms with Crippen molar-refractivity contribution >= 4 is 5.91 Å². The van der Waals surface area contributed by atoms with E-state index >= 15 is 0 Å². The first-order valence-corrected chi connectivity index (χ1v) is 6.51. The van der Waals surface area contributed by atoms with E-state index < -0.39 is 0 Å². The molecule has 2 N–H and O–H groups in total. The largest absolute Gasteiger partial charge is 0.379 e. The molecule has 98 valence electrons. The Morgan fingerprint density at radius 2 is 1.94 bits per heavy atom. The zero-order chi connectivity index (χ0) is 12.3. The van der Waals surface area contributed by atoms with Gasteiger partial charge in [-0.3, -0.25) is 9.69 Å². The summed E-state index contributed by atoms with van der Waals surface area (Å²) in [5, 5.41) is 0. The van der Waals surface area contributed by atoms with Crippen molar-refractivity contribution in [3.63, 3.8) is 0 Å². The van der Waals surface area contributed by atoms with Crippen LogP contribution in [0.3, 0.4) is 0 Å². The molecule has 5 nitrogen and oxygen atoms in total. The fraction of sp³-hybridized carbons (Fsp3) is 0.917. The van der Waals surface area contributed by atoms with Gasteiger partial charge in [0.05, 0.1) is 18.6 Å². The standard InChI is InChI=1S/C12H23N3O2/c1-2-12(9-17-10-12)11(16)15-7-5-14(4-3-13)6-8-15/h2-10,13H2,1H3. The summed E-state index contributed by atoms with van der Waals surface area (Å²) >= 11 is 0. The summed E-state index contributed by atoms with van der Waals surface area (Å²) in [6.07, 6.45) is 0.884. The second kappa shape index (κ2) is 5.33. The van der Waals surface area contributed by atoms with Gasteiger partial charge in [-0.05, 0) is 6.42 Å². The summed E-state index contributed by atoms with van der Waals surface area (Å²) in [6, 6.07) is 0. The predicted octanol–water partition coefficient (Wildman–Crippen LogP) is -0.484. The van der Waals surface area contributed by atoms with Crippen molar-refractivity contribution in [3.05, 3.63) is 0 Å². The second-order valence-electron chi connectivity index (χ2n) is 5.05. The van der Waals surface area contributed by atoms with Crippen LogP contribution < -0.4 is 5.73 Å². The van der Waals surface area contributed by atoms with Gasteiger partial charge in [-0.15, -0.1) is 0 Å². The lowest BCUT2D eigenvalue weighted by Crippen LogP contribution is -2.59. The number of rotatable bonds is 4. The Labute approximate surface area is 103 Å². The van der Waals surface area contributed by atoms with Crippen LogP contribution in [0.2, 0.25) is 0 Å².